The van der Waals surface area contributed by atoms with Crippen molar-refractivity contribution in [2.24, 2.45) is 23.5 Å². The minimum absolute atomic E-state index is 0.181. The molecule has 5 unspecified atom stereocenters. The van der Waals surface area contributed by atoms with Gasteiger partial charge >= 0.3 is 0 Å². The normalized spacial score (nSPS) is 39.4. The van der Waals surface area contributed by atoms with Crippen LogP contribution in [0.1, 0.15) is 64.7 Å². The van der Waals surface area contributed by atoms with Crippen molar-refractivity contribution in [1.29, 1.82) is 0 Å². The highest BCUT2D eigenvalue weighted by Gasteiger charge is 2.40. The van der Waals surface area contributed by atoms with E-state index in [1.807, 2.05) is 0 Å². The van der Waals surface area contributed by atoms with Crippen molar-refractivity contribution in [3.63, 3.8) is 0 Å². The standard InChI is InChI=1S/C17H30N2O/c1-12(14-6-2-8-15(18)11-14)17(20)19-10-4-7-13-5-3-9-16(13)19/h12-16H,2-11,18H2,1H3. The number of carbonyl (C=O) groups excluding carboxylic acids is 1. The van der Waals surface area contributed by atoms with Gasteiger partial charge in [0.05, 0.1) is 0 Å². The number of likely N-dealkylation sites (tertiary alicyclic amines) is 1. The summed E-state index contributed by atoms with van der Waals surface area (Å²) in [6, 6.07) is 0.889. The molecule has 0 radical (unpaired) electrons. The Morgan fingerprint density at radius 2 is 1.85 bits per heavy atom. The molecular weight excluding hydrogens is 248 g/mol. The van der Waals surface area contributed by atoms with Gasteiger partial charge in [0.1, 0.15) is 0 Å². The van der Waals surface area contributed by atoms with Gasteiger partial charge in [-0.15, -0.1) is 0 Å². The van der Waals surface area contributed by atoms with Crippen molar-refractivity contribution in [2.75, 3.05) is 6.54 Å². The van der Waals surface area contributed by atoms with Gasteiger partial charge in [-0.1, -0.05) is 19.8 Å². The highest BCUT2D eigenvalue weighted by molar-refractivity contribution is 5.79. The van der Waals surface area contributed by atoms with Crippen LogP contribution in [-0.4, -0.2) is 29.4 Å². The van der Waals surface area contributed by atoms with Crippen molar-refractivity contribution in [3.05, 3.63) is 0 Å². The smallest absolute Gasteiger partial charge is 0.225 e. The van der Waals surface area contributed by atoms with Gasteiger partial charge < -0.3 is 10.6 Å². The first-order valence-corrected chi connectivity index (χ1v) is 8.73. The molecule has 1 amide bonds. The lowest BCUT2D eigenvalue weighted by atomic mass is 9.77. The first-order chi connectivity index (χ1) is 9.66. The Hall–Kier alpha value is -0.570. The quantitative estimate of drug-likeness (QED) is 0.844. The van der Waals surface area contributed by atoms with Crippen LogP contribution in [0.3, 0.4) is 0 Å². The van der Waals surface area contributed by atoms with Crippen LogP contribution in [0.4, 0.5) is 0 Å². The third-order valence-corrected chi connectivity index (χ3v) is 6.13. The molecule has 2 aliphatic carbocycles. The van der Waals surface area contributed by atoms with E-state index in [1.54, 1.807) is 0 Å². The molecule has 114 valence electrons. The molecule has 3 aliphatic rings. The molecule has 0 spiro atoms. The molecule has 3 rings (SSSR count). The average molecular weight is 278 g/mol. The summed E-state index contributed by atoms with van der Waals surface area (Å²) in [5.74, 6) is 1.93. The molecule has 0 aromatic carbocycles. The summed E-state index contributed by atoms with van der Waals surface area (Å²) in [4.78, 5) is 15.2. The van der Waals surface area contributed by atoms with E-state index in [9.17, 15) is 4.79 Å². The fourth-order valence-corrected chi connectivity index (χ4v) is 4.91. The van der Waals surface area contributed by atoms with Gasteiger partial charge in [0.25, 0.3) is 0 Å². The summed E-state index contributed by atoms with van der Waals surface area (Å²) in [6.07, 6.45) is 11.1. The largest absolute Gasteiger partial charge is 0.339 e. The second-order valence-electron chi connectivity index (χ2n) is 7.41. The first-order valence-electron chi connectivity index (χ1n) is 8.73. The summed E-state index contributed by atoms with van der Waals surface area (Å²) >= 11 is 0. The predicted octanol–water partition coefficient (Wildman–Crippen LogP) is 2.93. The minimum atomic E-state index is 0.181. The minimum Gasteiger partial charge on any atom is -0.339 e. The van der Waals surface area contributed by atoms with E-state index in [-0.39, 0.29) is 5.92 Å². The highest BCUT2D eigenvalue weighted by atomic mass is 16.2. The van der Waals surface area contributed by atoms with Crippen LogP contribution in [0.5, 0.6) is 0 Å². The lowest BCUT2D eigenvalue weighted by Gasteiger charge is -2.41. The molecule has 1 aliphatic heterocycles. The van der Waals surface area contributed by atoms with Crippen LogP contribution in [-0.2, 0) is 4.79 Å². The monoisotopic (exact) mass is 278 g/mol. The maximum atomic E-state index is 12.9. The van der Waals surface area contributed by atoms with Crippen LogP contribution in [0.25, 0.3) is 0 Å². The van der Waals surface area contributed by atoms with Gasteiger partial charge in [0.15, 0.2) is 0 Å². The van der Waals surface area contributed by atoms with E-state index in [0.29, 0.717) is 23.9 Å². The molecule has 20 heavy (non-hydrogen) atoms. The van der Waals surface area contributed by atoms with Gasteiger partial charge in [0, 0.05) is 24.5 Å². The van der Waals surface area contributed by atoms with Crippen LogP contribution in [0.2, 0.25) is 0 Å². The third kappa shape index (κ3) is 2.74. The van der Waals surface area contributed by atoms with Gasteiger partial charge in [-0.3, -0.25) is 4.79 Å². The zero-order valence-corrected chi connectivity index (χ0v) is 12.9. The fraction of sp³-hybridized carbons (Fsp3) is 0.941. The van der Waals surface area contributed by atoms with Gasteiger partial charge in [-0.25, -0.2) is 0 Å². The highest BCUT2D eigenvalue weighted by Crippen LogP contribution is 2.39. The Bertz CT molecular complexity index is 357. The lowest BCUT2D eigenvalue weighted by molar-refractivity contribution is -0.142. The molecule has 1 heterocycles. The second kappa shape index (κ2) is 6.05. The average Bonchev–Trinajstić information content (AvgIpc) is 2.94. The number of hydrogen-bond acceptors (Lipinski definition) is 2. The molecule has 1 saturated heterocycles. The maximum absolute atomic E-state index is 12.9. The Balaban J connectivity index is 1.64. The molecule has 2 N–H and O–H groups in total. The number of hydrogen-bond donors (Lipinski definition) is 1. The number of fused-ring (bicyclic) bond motifs is 1. The molecular formula is C17H30N2O. The molecule has 2 saturated carbocycles. The number of carbonyl (C=O) groups is 1. The van der Waals surface area contributed by atoms with Crippen molar-refractivity contribution in [2.45, 2.75) is 76.8 Å². The molecule has 3 fully saturated rings. The van der Waals surface area contributed by atoms with E-state index >= 15 is 0 Å². The molecule has 3 heteroatoms. The first kappa shape index (κ1) is 14.4. The van der Waals surface area contributed by atoms with E-state index in [4.69, 9.17) is 5.73 Å². The van der Waals surface area contributed by atoms with Crippen molar-refractivity contribution >= 4 is 5.91 Å². The van der Waals surface area contributed by atoms with E-state index in [0.717, 1.165) is 25.3 Å². The van der Waals surface area contributed by atoms with Crippen LogP contribution in [0, 0.1) is 17.8 Å². The maximum Gasteiger partial charge on any atom is 0.225 e. The Morgan fingerprint density at radius 3 is 2.65 bits per heavy atom. The van der Waals surface area contributed by atoms with Gasteiger partial charge in [-0.05, 0) is 56.8 Å². The van der Waals surface area contributed by atoms with E-state index in [2.05, 4.69) is 11.8 Å². The molecule has 3 nitrogen and oxygen atoms in total. The molecule has 0 aromatic rings. The summed E-state index contributed by atoms with van der Waals surface area (Å²) in [5, 5.41) is 0. The third-order valence-electron chi connectivity index (χ3n) is 6.13. The number of rotatable bonds is 2. The SMILES string of the molecule is CC(C(=O)N1CCCC2CCCC21)C1CCCC(N)C1. The second-order valence-corrected chi connectivity index (χ2v) is 7.41. The Kier molecular flexibility index (Phi) is 4.34. The van der Waals surface area contributed by atoms with Crippen LogP contribution in [0.15, 0.2) is 0 Å². The number of nitrogens with zero attached hydrogens (tertiary/aromatic N) is 1. The molecule has 0 aromatic heterocycles. The van der Waals surface area contributed by atoms with E-state index in [1.165, 1.54) is 44.9 Å². The summed E-state index contributed by atoms with van der Waals surface area (Å²) in [6.45, 7) is 3.16. The number of amides is 1. The van der Waals surface area contributed by atoms with Gasteiger partial charge in [-0.2, -0.15) is 0 Å². The molecule has 5 atom stereocenters. The number of nitrogens with two attached hydrogens (primary N) is 1. The topological polar surface area (TPSA) is 46.3 Å². The molecule has 0 bridgehead atoms. The van der Waals surface area contributed by atoms with Crippen LogP contribution < -0.4 is 5.73 Å². The number of piperidine rings is 1. The summed E-state index contributed by atoms with van der Waals surface area (Å²) < 4.78 is 0. The fourth-order valence-electron chi connectivity index (χ4n) is 4.91. The Morgan fingerprint density at radius 1 is 1.10 bits per heavy atom. The van der Waals surface area contributed by atoms with Gasteiger partial charge in [0.2, 0.25) is 5.91 Å². The zero-order valence-electron chi connectivity index (χ0n) is 12.9. The Labute approximate surface area is 123 Å². The van der Waals surface area contributed by atoms with Crippen LogP contribution >= 0.6 is 0 Å². The van der Waals surface area contributed by atoms with Crippen molar-refractivity contribution in [3.8, 4) is 0 Å². The van der Waals surface area contributed by atoms with Crippen molar-refractivity contribution in [1.82, 2.24) is 4.90 Å². The predicted molar refractivity (Wildman–Crippen MR) is 81.2 cm³/mol. The van der Waals surface area contributed by atoms with Crippen molar-refractivity contribution < 1.29 is 4.79 Å². The lowest BCUT2D eigenvalue weighted by Crippen LogP contribution is -2.49. The summed E-state index contributed by atoms with van der Waals surface area (Å²) in [5.41, 5.74) is 6.10. The van der Waals surface area contributed by atoms with E-state index < -0.39 is 0 Å². The summed E-state index contributed by atoms with van der Waals surface area (Å²) in [7, 11) is 0. The zero-order chi connectivity index (χ0) is 14.1.